The van der Waals surface area contributed by atoms with Crippen molar-refractivity contribution in [3.05, 3.63) is 16.1 Å². The minimum atomic E-state index is -0.772. The predicted octanol–water partition coefficient (Wildman–Crippen LogP) is 0.307. The molecule has 0 fully saturated rings. The molecule has 0 unspecified atom stereocenters. The average Bonchev–Trinajstić information content (AvgIpc) is 2.75. The first-order valence-electron chi connectivity index (χ1n) is 5.59. The highest BCUT2D eigenvalue weighted by Crippen LogP contribution is 2.13. The van der Waals surface area contributed by atoms with E-state index in [2.05, 4.69) is 10.3 Å². The number of nitrogens with zero attached hydrogens (tertiary/aromatic N) is 1. The van der Waals surface area contributed by atoms with Gasteiger partial charge in [0.2, 0.25) is 5.91 Å². The number of carbonyl (C=O) groups excluding carboxylic acids is 2. The highest BCUT2D eigenvalue weighted by molar-refractivity contribution is 7.09. The second kappa shape index (κ2) is 7.42. The molecule has 0 radical (unpaired) electrons. The Balaban J connectivity index is 0.00000324. The zero-order chi connectivity index (χ0) is 13.8. The fraction of sp³-hybridized carbons (Fsp3) is 0.545. The van der Waals surface area contributed by atoms with E-state index < -0.39 is 11.3 Å². The fourth-order valence-electron chi connectivity index (χ4n) is 1.13. The minimum absolute atomic E-state index is 0. The number of amides is 2. The maximum Gasteiger partial charge on any atom is 0.270 e. The summed E-state index contributed by atoms with van der Waals surface area (Å²) < 4.78 is 0. The van der Waals surface area contributed by atoms with E-state index in [1.54, 1.807) is 19.2 Å². The summed E-state index contributed by atoms with van der Waals surface area (Å²) in [5.74, 6) is -0.756. The van der Waals surface area contributed by atoms with E-state index in [0.29, 0.717) is 18.7 Å². The monoisotopic (exact) mass is 306 g/mol. The number of nitrogens with two attached hydrogens (primary N) is 2. The molecular formula is C11H19ClN4O2S. The summed E-state index contributed by atoms with van der Waals surface area (Å²) in [6.45, 7) is 4.04. The maximum absolute atomic E-state index is 11.8. The van der Waals surface area contributed by atoms with Crippen molar-refractivity contribution in [1.29, 1.82) is 0 Å². The van der Waals surface area contributed by atoms with Crippen molar-refractivity contribution < 1.29 is 9.59 Å². The van der Waals surface area contributed by atoms with Crippen LogP contribution in [0.15, 0.2) is 5.38 Å². The highest BCUT2D eigenvalue weighted by Gasteiger charge is 2.26. The Morgan fingerprint density at radius 2 is 2.11 bits per heavy atom. The van der Waals surface area contributed by atoms with E-state index in [-0.39, 0.29) is 24.9 Å². The molecule has 1 aromatic rings. The Kier molecular flexibility index (Phi) is 6.96. The van der Waals surface area contributed by atoms with Crippen molar-refractivity contribution in [1.82, 2.24) is 10.3 Å². The third-order valence-corrected chi connectivity index (χ3v) is 3.41. The molecular weight excluding hydrogens is 288 g/mol. The van der Waals surface area contributed by atoms with Crippen LogP contribution in [-0.2, 0) is 11.2 Å². The van der Waals surface area contributed by atoms with Gasteiger partial charge in [-0.25, -0.2) is 4.98 Å². The van der Waals surface area contributed by atoms with E-state index in [0.717, 1.165) is 5.01 Å². The van der Waals surface area contributed by atoms with Crippen LogP contribution in [0.4, 0.5) is 0 Å². The Hall–Kier alpha value is -1.18. The number of hydrogen-bond donors (Lipinski definition) is 3. The normalized spacial score (nSPS) is 10.7. The molecule has 0 aliphatic heterocycles. The quantitative estimate of drug-likeness (QED) is 0.702. The number of thiazole rings is 1. The van der Waals surface area contributed by atoms with Gasteiger partial charge in [0.15, 0.2) is 0 Å². The number of halogens is 1. The molecule has 0 aromatic carbocycles. The Bertz CT molecular complexity index is 448. The number of aromatic nitrogens is 1. The van der Waals surface area contributed by atoms with Gasteiger partial charge in [-0.05, 0) is 20.4 Å². The van der Waals surface area contributed by atoms with Crippen LogP contribution in [0.2, 0.25) is 0 Å². The summed E-state index contributed by atoms with van der Waals surface area (Å²) in [5.41, 5.74) is 10.2. The van der Waals surface area contributed by atoms with E-state index in [9.17, 15) is 9.59 Å². The SMILES string of the molecule is CC(C)(CNC(=O)c1csc(CCN)n1)C(N)=O.Cl. The van der Waals surface area contributed by atoms with Gasteiger partial charge in [-0.2, -0.15) is 0 Å². The van der Waals surface area contributed by atoms with Crippen LogP contribution in [0.1, 0.15) is 29.3 Å². The van der Waals surface area contributed by atoms with Crippen LogP contribution in [0.3, 0.4) is 0 Å². The Morgan fingerprint density at radius 3 is 2.63 bits per heavy atom. The molecule has 6 nitrogen and oxygen atoms in total. The van der Waals surface area contributed by atoms with Gasteiger partial charge in [-0.3, -0.25) is 9.59 Å². The molecule has 0 saturated carbocycles. The van der Waals surface area contributed by atoms with Crippen LogP contribution < -0.4 is 16.8 Å². The lowest BCUT2D eigenvalue weighted by Crippen LogP contribution is -2.42. The van der Waals surface area contributed by atoms with Crippen molar-refractivity contribution in [3.63, 3.8) is 0 Å². The van der Waals surface area contributed by atoms with Gasteiger partial charge in [0.05, 0.1) is 10.4 Å². The molecule has 0 aliphatic rings. The Morgan fingerprint density at radius 1 is 1.47 bits per heavy atom. The van der Waals surface area contributed by atoms with Gasteiger partial charge in [0.1, 0.15) is 5.69 Å². The van der Waals surface area contributed by atoms with Gasteiger partial charge < -0.3 is 16.8 Å². The molecule has 2 amide bonds. The molecule has 19 heavy (non-hydrogen) atoms. The molecule has 0 aliphatic carbocycles. The lowest BCUT2D eigenvalue weighted by molar-refractivity contribution is -0.125. The average molecular weight is 307 g/mol. The van der Waals surface area contributed by atoms with E-state index in [1.807, 2.05) is 0 Å². The minimum Gasteiger partial charge on any atom is -0.369 e. The first-order chi connectivity index (χ1) is 8.36. The molecule has 1 heterocycles. The largest absolute Gasteiger partial charge is 0.369 e. The summed E-state index contributed by atoms with van der Waals surface area (Å²) >= 11 is 1.40. The highest BCUT2D eigenvalue weighted by atomic mass is 35.5. The maximum atomic E-state index is 11.8. The number of hydrogen-bond acceptors (Lipinski definition) is 5. The molecule has 108 valence electrons. The topological polar surface area (TPSA) is 111 Å². The number of primary amides is 1. The van der Waals surface area contributed by atoms with Crippen molar-refractivity contribution in [3.8, 4) is 0 Å². The Labute approximate surface area is 122 Å². The molecule has 1 aromatic heterocycles. The summed E-state index contributed by atoms with van der Waals surface area (Å²) in [5, 5.41) is 5.16. The molecule has 0 bridgehead atoms. The molecule has 0 atom stereocenters. The fourth-order valence-corrected chi connectivity index (χ4v) is 1.93. The van der Waals surface area contributed by atoms with Gasteiger partial charge in [0, 0.05) is 18.3 Å². The van der Waals surface area contributed by atoms with E-state index >= 15 is 0 Å². The molecule has 5 N–H and O–H groups in total. The lowest BCUT2D eigenvalue weighted by atomic mass is 9.93. The van der Waals surface area contributed by atoms with Gasteiger partial charge in [-0.1, -0.05) is 0 Å². The van der Waals surface area contributed by atoms with Crippen molar-refractivity contribution in [2.75, 3.05) is 13.1 Å². The molecule has 1 rings (SSSR count). The lowest BCUT2D eigenvalue weighted by Gasteiger charge is -2.20. The predicted molar refractivity (Wildman–Crippen MR) is 77.4 cm³/mol. The molecule has 0 spiro atoms. The van der Waals surface area contributed by atoms with Crippen LogP contribution in [0.25, 0.3) is 0 Å². The van der Waals surface area contributed by atoms with Crippen LogP contribution >= 0.6 is 23.7 Å². The zero-order valence-electron chi connectivity index (χ0n) is 10.9. The van der Waals surface area contributed by atoms with Crippen LogP contribution in [-0.4, -0.2) is 29.9 Å². The smallest absolute Gasteiger partial charge is 0.270 e. The van der Waals surface area contributed by atoms with Crippen molar-refractivity contribution in [2.45, 2.75) is 20.3 Å². The summed E-state index contributed by atoms with van der Waals surface area (Å²) in [7, 11) is 0. The third-order valence-electron chi connectivity index (χ3n) is 2.50. The van der Waals surface area contributed by atoms with Gasteiger partial charge >= 0.3 is 0 Å². The summed E-state index contributed by atoms with van der Waals surface area (Å²) in [6.07, 6.45) is 0.657. The first kappa shape index (κ1) is 17.8. The van der Waals surface area contributed by atoms with Gasteiger partial charge in [0.25, 0.3) is 5.91 Å². The second-order valence-corrected chi connectivity index (χ2v) is 5.54. The molecule has 0 saturated heterocycles. The third kappa shape index (κ3) is 5.14. The van der Waals surface area contributed by atoms with Crippen molar-refractivity contribution >= 4 is 35.6 Å². The van der Waals surface area contributed by atoms with Crippen LogP contribution in [0, 0.1) is 5.41 Å². The number of nitrogens with one attached hydrogen (secondary N) is 1. The summed E-state index contributed by atoms with van der Waals surface area (Å²) in [4.78, 5) is 27.0. The van der Waals surface area contributed by atoms with E-state index in [1.165, 1.54) is 11.3 Å². The van der Waals surface area contributed by atoms with Crippen molar-refractivity contribution in [2.24, 2.45) is 16.9 Å². The number of rotatable bonds is 6. The number of carbonyl (C=O) groups is 2. The summed E-state index contributed by atoms with van der Waals surface area (Å²) in [6, 6.07) is 0. The zero-order valence-corrected chi connectivity index (χ0v) is 12.6. The van der Waals surface area contributed by atoms with Gasteiger partial charge in [-0.15, -0.1) is 23.7 Å². The van der Waals surface area contributed by atoms with Crippen LogP contribution in [0.5, 0.6) is 0 Å². The standard InChI is InChI=1S/C11H18N4O2S.ClH/c1-11(2,10(13)17)6-14-9(16)7-5-18-8(15-7)3-4-12;/h5H,3-4,6,12H2,1-2H3,(H2,13,17)(H,14,16);1H. The van der Waals surface area contributed by atoms with E-state index in [4.69, 9.17) is 11.5 Å². The molecule has 8 heteroatoms. The second-order valence-electron chi connectivity index (χ2n) is 4.60. The first-order valence-corrected chi connectivity index (χ1v) is 6.47.